The third-order valence-corrected chi connectivity index (χ3v) is 4.91. The standard InChI is InChI=1S/C25H27FN2O3/c1-3-15-27(25(30)21-7-5-4-6-8-21)18-24(29)28(17-23-14-9-19(2)31-23)16-20-10-12-22(26)13-11-20/h4-14H,3,15-18H2,1-2H3. The van der Waals surface area contributed by atoms with Crippen molar-refractivity contribution in [2.24, 2.45) is 0 Å². The van der Waals surface area contributed by atoms with Crippen LogP contribution in [0.2, 0.25) is 0 Å². The maximum atomic E-state index is 13.3. The number of rotatable bonds is 9. The second kappa shape index (κ2) is 10.6. The molecule has 162 valence electrons. The third kappa shape index (κ3) is 6.28. The quantitative estimate of drug-likeness (QED) is 0.497. The third-order valence-electron chi connectivity index (χ3n) is 4.91. The molecule has 0 aliphatic rings. The Morgan fingerprint density at radius 2 is 1.61 bits per heavy atom. The summed E-state index contributed by atoms with van der Waals surface area (Å²) in [6, 6.07) is 18.7. The van der Waals surface area contributed by atoms with Gasteiger partial charge in [0.15, 0.2) is 0 Å². The van der Waals surface area contributed by atoms with Gasteiger partial charge in [0, 0.05) is 18.7 Å². The SMILES string of the molecule is CCCN(CC(=O)N(Cc1ccc(F)cc1)Cc1ccc(C)o1)C(=O)c1ccccc1. The molecule has 0 radical (unpaired) electrons. The summed E-state index contributed by atoms with van der Waals surface area (Å²) in [5.74, 6) is 0.716. The second-order valence-electron chi connectivity index (χ2n) is 7.48. The largest absolute Gasteiger partial charge is 0.464 e. The van der Waals surface area contributed by atoms with Gasteiger partial charge in [-0.3, -0.25) is 9.59 Å². The Hall–Kier alpha value is -3.41. The summed E-state index contributed by atoms with van der Waals surface area (Å²) in [5, 5.41) is 0. The van der Waals surface area contributed by atoms with Crippen molar-refractivity contribution in [1.82, 2.24) is 9.80 Å². The van der Waals surface area contributed by atoms with Gasteiger partial charge in [0.1, 0.15) is 23.9 Å². The molecule has 5 nitrogen and oxygen atoms in total. The summed E-state index contributed by atoms with van der Waals surface area (Å²) in [6.07, 6.45) is 0.737. The van der Waals surface area contributed by atoms with Gasteiger partial charge in [0.25, 0.3) is 5.91 Å². The molecule has 2 aromatic carbocycles. The van der Waals surface area contributed by atoms with Crippen molar-refractivity contribution < 1.29 is 18.4 Å². The van der Waals surface area contributed by atoms with E-state index in [0.29, 0.717) is 24.4 Å². The van der Waals surface area contributed by atoms with E-state index in [2.05, 4.69) is 0 Å². The normalized spacial score (nSPS) is 10.7. The first kappa shape index (κ1) is 22.3. The minimum absolute atomic E-state index is 0.0392. The molecule has 3 aromatic rings. The van der Waals surface area contributed by atoms with Crippen LogP contribution in [0.5, 0.6) is 0 Å². The molecule has 0 N–H and O–H groups in total. The maximum Gasteiger partial charge on any atom is 0.254 e. The lowest BCUT2D eigenvalue weighted by molar-refractivity contribution is -0.133. The molecule has 1 heterocycles. The molecular formula is C25H27FN2O3. The van der Waals surface area contributed by atoms with Gasteiger partial charge in [-0.15, -0.1) is 0 Å². The van der Waals surface area contributed by atoms with Crippen LogP contribution in [0.1, 0.15) is 40.8 Å². The van der Waals surface area contributed by atoms with Gasteiger partial charge in [-0.2, -0.15) is 0 Å². The number of benzene rings is 2. The number of carbonyl (C=O) groups is 2. The fraction of sp³-hybridized carbons (Fsp3) is 0.280. The lowest BCUT2D eigenvalue weighted by atomic mass is 10.2. The van der Waals surface area contributed by atoms with Gasteiger partial charge >= 0.3 is 0 Å². The molecule has 0 saturated carbocycles. The molecule has 0 aliphatic heterocycles. The van der Waals surface area contributed by atoms with Gasteiger partial charge in [-0.25, -0.2) is 4.39 Å². The molecule has 0 atom stereocenters. The van der Waals surface area contributed by atoms with Crippen LogP contribution < -0.4 is 0 Å². The van der Waals surface area contributed by atoms with Crippen molar-refractivity contribution in [3.63, 3.8) is 0 Å². The van der Waals surface area contributed by atoms with Crippen molar-refractivity contribution in [3.05, 3.63) is 95.2 Å². The van der Waals surface area contributed by atoms with E-state index in [1.54, 1.807) is 46.2 Å². The summed E-state index contributed by atoms with van der Waals surface area (Å²) in [6.45, 7) is 4.81. The Bertz CT molecular complexity index is 999. The van der Waals surface area contributed by atoms with Crippen LogP contribution in [0.3, 0.4) is 0 Å². The zero-order chi connectivity index (χ0) is 22.2. The van der Waals surface area contributed by atoms with Crippen LogP contribution in [0.4, 0.5) is 4.39 Å². The topological polar surface area (TPSA) is 53.8 Å². The van der Waals surface area contributed by atoms with Crippen LogP contribution >= 0.6 is 0 Å². The molecule has 0 bridgehead atoms. The summed E-state index contributed by atoms with van der Waals surface area (Å²) in [5.41, 5.74) is 1.35. The van der Waals surface area contributed by atoms with E-state index in [9.17, 15) is 14.0 Å². The Morgan fingerprint density at radius 1 is 0.903 bits per heavy atom. The Balaban J connectivity index is 1.79. The van der Waals surface area contributed by atoms with E-state index < -0.39 is 0 Å². The van der Waals surface area contributed by atoms with Crippen LogP contribution in [0.25, 0.3) is 0 Å². The van der Waals surface area contributed by atoms with Crippen LogP contribution in [0, 0.1) is 12.7 Å². The molecule has 31 heavy (non-hydrogen) atoms. The highest BCUT2D eigenvalue weighted by Gasteiger charge is 2.23. The average Bonchev–Trinajstić information content (AvgIpc) is 3.19. The number of carbonyl (C=O) groups excluding carboxylic acids is 2. The molecule has 6 heteroatoms. The fourth-order valence-corrected chi connectivity index (χ4v) is 3.35. The first-order valence-electron chi connectivity index (χ1n) is 10.4. The number of aryl methyl sites for hydroxylation is 1. The number of nitrogens with zero attached hydrogens (tertiary/aromatic N) is 2. The maximum absolute atomic E-state index is 13.3. The minimum atomic E-state index is -0.328. The van der Waals surface area contributed by atoms with Crippen molar-refractivity contribution in [2.45, 2.75) is 33.4 Å². The van der Waals surface area contributed by atoms with Crippen molar-refractivity contribution >= 4 is 11.8 Å². The summed E-state index contributed by atoms with van der Waals surface area (Å²) >= 11 is 0. The summed E-state index contributed by atoms with van der Waals surface area (Å²) < 4.78 is 19.0. The van der Waals surface area contributed by atoms with Crippen LogP contribution in [-0.2, 0) is 17.9 Å². The molecule has 3 rings (SSSR count). The highest BCUT2D eigenvalue weighted by Crippen LogP contribution is 2.15. The van der Waals surface area contributed by atoms with E-state index in [1.807, 2.05) is 32.0 Å². The summed E-state index contributed by atoms with van der Waals surface area (Å²) in [4.78, 5) is 29.4. The molecule has 1 aromatic heterocycles. The predicted molar refractivity (Wildman–Crippen MR) is 117 cm³/mol. The van der Waals surface area contributed by atoms with Gasteiger partial charge in [-0.1, -0.05) is 37.3 Å². The number of hydrogen-bond donors (Lipinski definition) is 0. The Morgan fingerprint density at radius 3 is 2.23 bits per heavy atom. The number of amides is 2. The highest BCUT2D eigenvalue weighted by atomic mass is 19.1. The van der Waals surface area contributed by atoms with Crippen molar-refractivity contribution in [3.8, 4) is 0 Å². The molecule has 0 saturated heterocycles. The van der Waals surface area contributed by atoms with E-state index in [0.717, 1.165) is 17.7 Å². The Labute approximate surface area is 182 Å². The molecule has 0 fully saturated rings. The number of furan rings is 1. The monoisotopic (exact) mass is 422 g/mol. The van der Waals surface area contributed by atoms with Gasteiger partial charge in [0.05, 0.1) is 6.54 Å². The van der Waals surface area contributed by atoms with E-state index >= 15 is 0 Å². The van der Waals surface area contributed by atoms with E-state index in [1.165, 1.54) is 12.1 Å². The fourth-order valence-electron chi connectivity index (χ4n) is 3.35. The second-order valence-corrected chi connectivity index (χ2v) is 7.48. The molecular weight excluding hydrogens is 395 g/mol. The summed E-state index contributed by atoms with van der Waals surface area (Å²) in [7, 11) is 0. The minimum Gasteiger partial charge on any atom is -0.464 e. The average molecular weight is 423 g/mol. The number of hydrogen-bond acceptors (Lipinski definition) is 3. The van der Waals surface area contributed by atoms with Gasteiger partial charge in [-0.05, 0) is 55.3 Å². The molecule has 0 unspecified atom stereocenters. The Kier molecular flexibility index (Phi) is 7.60. The van der Waals surface area contributed by atoms with Gasteiger partial charge in [0.2, 0.25) is 5.91 Å². The first-order chi connectivity index (χ1) is 15.0. The highest BCUT2D eigenvalue weighted by molar-refractivity contribution is 5.96. The molecule has 0 aliphatic carbocycles. The smallest absolute Gasteiger partial charge is 0.254 e. The molecule has 0 spiro atoms. The first-order valence-corrected chi connectivity index (χ1v) is 10.4. The number of halogens is 1. The van der Waals surface area contributed by atoms with E-state index in [-0.39, 0.29) is 30.7 Å². The predicted octanol–water partition coefficient (Wildman–Crippen LogP) is 4.81. The zero-order valence-corrected chi connectivity index (χ0v) is 17.9. The van der Waals surface area contributed by atoms with Crippen LogP contribution in [0.15, 0.2) is 71.1 Å². The van der Waals surface area contributed by atoms with E-state index in [4.69, 9.17) is 4.42 Å². The van der Waals surface area contributed by atoms with Crippen LogP contribution in [-0.4, -0.2) is 34.7 Å². The van der Waals surface area contributed by atoms with Gasteiger partial charge < -0.3 is 14.2 Å². The zero-order valence-electron chi connectivity index (χ0n) is 17.9. The lowest BCUT2D eigenvalue weighted by Crippen LogP contribution is -2.42. The van der Waals surface area contributed by atoms with Crippen molar-refractivity contribution in [1.29, 1.82) is 0 Å². The lowest BCUT2D eigenvalue weighted by Gasteiger charge is -2.27. The van der Waals surface area contributed by atoms with Crippen molar-refractivity contribution in [2.75, 3.05) is 13.1 Å². The molecule has 2 amide bonds.